The Kier molecular flexibility index (Phi) is 3.71. The van der Waals surface area contributed by atoms with Crippen molar-refractivity contribution in [2.75, 3.05) is 5.32 Å². The van der Waals surface area contributed by atoms with Gasteiger partial charge in [-0.05, 0) is 49.2 Å². The first-order valence-electron chi connectivity index (χ1n) is 9.09. The van der Waals surface area contributed by atoms with Gasteiger partial charge < -0.3 is 5.32 Å². The minimum atomic E-state index is -0.117. The quantitative estimate of drug-likeness (QED) is 0.585. The SMILES string of the molecule is O=C(Nc1cccc(-n2cccn2)c1)c1cc(C2CC2)nc2ccccc12. The number of hydrogen-bond acceptors (Lipinski definition) is 3. The number of nitrogens with one attached hydrogen (secondary N) is 1. The molecule has 1 aliphatic rings. The average molecular weight is 354 g/mol. The van der Waals surface area contributed by atoms with Gasteiger partial charge in [-0.25, -0.2) is 4.68 Å². The smallest absolute Gasteiger partial charge is 0.256 e. The molecule has 1 aliphatic carbocycles. The Morgan fingerprint density at radius 2 is 1.93 bits per heavy atom. The number of fused-ring (bicyclic) bond motifs is 1. The van der Waals surface area contributed by atoms with Crippen molar-refractivity contribution in [3.63, 3.8) is 0 Å². The fraction of sp³-hybridized carbons (Fsp3) is 0.136. The second-order valence-corrected chi connectivity index (χ2v) is 6.84. The van der Waals surface area contributed by atoms with Gasteiger partial charge >= 0.3 is 0 Å². The number of benzene rings is 2. The Labute approximate surface area is 156 Å². The van der Waals surface area contributed by atoms with Gasteiger partial charge in [0.05, 0.1) is 16.8 Å². The van der Waals surface area contributed by atoms with E-state index in [1.54, 1.807) is 10.9 Å². The van der Waals surface area contributed by atoms with Gasteiger partial charge in [0.1, 0.15) is 0 Å². The Bertz CT molecular complexity index is 1130. The van der Waals surface area contributed by atoms with Crippen LogP contribution in [0.2, 0.25) is 0 Å². The third-order valence-corrected chi connectivity index (χ3v) is 4.85. The van der Waals surface area contributed by atoms with E-state index in [2.05, 4.69) is 10.4 Å². The first-order chi connectivity index (χ1) is 13.3. The standard InChI is InChI=1S/C22H18N4O/c27-22(24-16-5-3-6-17(13-16)26-12-4-11-23-26)19-14-21(15-9-10-15)25-20-8-2-1-7-18(19)20/h1-8,11-15H,9-10H2,(H,24,27). The number of pyridine rings is 1. The number of amides is 1. The molecule has 0 atom stereocenters. The molecule has 5 nitrogen and oxygen atoms in total. The normalized spacial score (nSPS) is 13.6. The molecule has 2 aromatic carbocycles. The maximum absolute atomic E-state index is 13.1. The number of anilines is 1. The van der Waals surface area contributed by atoms with Crippen LogP contribution < -0.4 is 5.32 Å². The number of carbonyl (C=O) groups is 1. The predicted octanol–water partition coefficient (Wildman–Crippen LogP) is 4.55. The van der Waals surface area contributed by atoms with E-state index in [0.717, 1.165) is 40.8 Å². The Balaban J connectivity index is 1.50. The van der Waals surface area contributed by atoms with Crippen molar-refractivity contribution in [3.05, 3.63) is 84.3 Å². The fourth-order valence-corrected chi connectivity index (χ4v) is 3.32. The van der Waals surface area contributed by atoms with Crippen LogP contribution in [-0.2, 0) is 0 Å². The lowest BCUT2D eigenvalue weighted by atomic mass is 10.1. The second-order valence-electron chi connectivity index (χ2n) is 6.84. The van der Waals surface area contributed by atoms with E-state index in [1.807, 2.05) is 66.9 Å². The van der Waals surface area contributed by atoms with E-state index in [4.69, 9.17) is 4.98 Å². The van der Waals surface area contributed by atoms with Gasteiger partial charge in [0.25, 0.3) is 5.91 Å². The topological polar surface area (TPSA) is 59.8 Å². The molecule has 2 aromatic heterocycles. The third kappa shape index (κ3) is 3.08. The molecule has 132 valence electrons. The Morgan fingerprint density at radius 3 is 2.74 bits per heavy atom. The van der Waals surface area contributed by atoms with Gasteiger partial charge in [-0.1, -0.05) is 24.3 Å². The third-order valence-electron chi connectivity index (χ3n) is 4.85. The van der Waals surface area contributed by atoms with Gasteiger partial charge in [0, 0.05) is 35.1 Å². The van der Waals surface area contributed by atoms with Crippen LogP contribution in [0.4, 0.5) is 5.69 Å². The zero-order chi connectivity index (χ0) is 18.2. The molecule has 0 spiro atoms. The van der Waals surface area contributed by atoms with Gasteiger partial charge in [-0.2, -0.15) is 5.10 Å². The lowest BCUT2D eigenvalue weighted by Gasteiger charge is -2.11. The molecule has 1 fully saturated rings. The second kappa shape index (κ2) is 6.36. The van der Waals surface area contributed by atoms with Crippen LogP contribution in [0.5, 0.6) is 0 Å². The largest absolute Gasteiger partial charge is 0.322 e. The summed E-state index contributed by atoms with van der Waals surface area (Å²) in [4.78, 5) is 17.8. The summed E-state index contributed by atoms with van der Waals surface area (Å²) < 4.78 is 1.77. The molecule has 1 saturated carbocycles. The number of carbonyl (C=O) groups excluding carboxylic acids is 1. The summed E-state index contributed by atoms with van der Waals surface area (Å²) in [6.07, 6.45) is 5.91. The van der Waals surface area contributed by atoms with E-state index in [0.29, 0.717) is 11.5 Å². The lowest BCUT2D eigenvalue weighted by Crippen LogP contribution is -2.13. The van der Waals surface area contributed by atoms with Crippen LogP contribution in [0.15, 0.2) is 73.1 Å². The summed E-state index contributed by atoms with van der Waals surface area (Å²) in [5.41, 5.74) is 4.20. The van der Waals surface area contributed by atoms with Crippen LogP contribution in [0, 0.1) is 0 Å². The fourth-order valence-electron chi connectivity index (χ4n) is 3.32. The first kappa shape index (κ1) is 15.8. The van der Waals surface area contributed by atoms with Crippen molar-refractivity contribution in [1.82, 2.24) is 14.8 Å². The Hall–Kier alpha value is -3.47. The maximum atomic E-state index is 13.1. The minimum Gasteiger partial charge on any atom is -0.322 e. The summed E-state index contributed by atoms with van der Waals surface area (Å²) in [7, 11) is 0. The van der Waals surface area contributed by atoms with E-state index >= 15 is 0 Å². The summed E-state index contributed by atoms with van der Waals surface area (Å²) in [5.74, 6) is 0.373. The number of hydrogen-bond donors (Lipinski definition) is 1. The molecule has 0 unspecified atom stereocenters. The summed E-state index contributed by atoms with van der Waals surface area (Å²) >= 11 is 0. The van der Waals surface area contributed by atoms with Crippen LogP contribution >= 0.6 is 0 Å². The predicted molar refractivity (Wildman–Crippen MR) is 105 cm³/mol. The van der Waals surface area contributed by atoms with Gasteiger partial charge in [0.2, 0.25) is 0 Å². The summed E-state index contributed by atoms with van der Waals surface area (Å²) in [6, 6.07) is 19.3. The van der Waals surface area contributed by atoms with Gasteiger partial charge in [0.15, 0.2) is 0 Å². The molecule has 0 radical (unpaired) electrons. The van der Waals surface area contributed by atoms with Crippen molar-refractivity contribution in [2.45, 2.75) is 18.8 Å². The van der Waals surface area contributed by atoms with Crippen LogP contribution in [0.25, 0.3) is 16.6 Å². The number of para-hydroxylation sites is 1. The molecule has 2 heterocycles. The Morgan fingerprint density at radius 1 is 1.04 bits per heavy atom. The molecule has 0 saturated heterocycles. The highest BCUT2D eigenvalue weighted by atomic mass is 16.1. The van der Waals surface area contributed by atoms with E-state index < -0.39 is 0 Å². The van der Waals surface area contributed by atoms with Gasteiger partial charge in [-0.3, -0.25) is 9.78 Å². The monoisotopic (exact) mass is 354 g/mol. The lowest BCUT2D eigenvalue weighted by molar-refractivity contribution is 0.102. The van der Waals surface area contributed by atoms with Crippen LogP contribution in [0.1, 0.15) is 34.8 Å². The molecule has 0 bridgehead atoms. The molecule has 5 rings (SSSR count). The molecule has 1 amide bonds. The zero-order valence-corrected chi connectivity index (χ0v) is 14.7. The number of aromatic nitrogens is 3. The average Bonchev–Trinajstić information content (AvgIpc) is 3.41. The molecular formula is C22H18N4O. The van der Waals surface area contributed by atoms with E-state index in [9.17, 15) is 4.79 Å². The van der Waals surface area contributed by atoms with Crippen LogP contribution in [-0.4, -0.2) is 20.7 Å². The van der Waals surface area contributed by atoms with E-state index in [1.165, 1.54) is 0 Å². The van der Waals surface area contributed by atoms with Gasteiger partial charge in [-0.15, -0.1) is 0 Å². The maximum Gasteiger partial charge on any atom is 0.256 e. The number of nitrogens with zero attached hydrogens (tertiary/aromatic N) is 3. The van der Waals surface area contributed by atoms with Crippen molar-refractivity contribution < 1.29 is 4.79 Å². The number of rotatable bonds is 4. The molecule has 4 aromatic rings. The first-order valence-corrected chi connectivity index (χ1v) is 9.09. The van der Waals surface area contributed by atoms with Crippen molar-refractivity contribution >= 4 is 22.5 Å². The summed E-state index contributed by atoms with van der Waals surface area (Å²) in [6.45, 7) is 0. The van der Waals surface area contributed by atoms with E-state index in [-0.39, 0.29) is 5.91 Å². The summed E-state index contributed by atoms with van der Waals surface area (Å²) in [5, 5.41) is 8.15. The van der Waals surface area contributed by atoms with Crippen molar-refractivity contribution in [3.8, 4) is 5.69 Å². The molecule has 0 aliphatic heterocycles. The molecular weight excluding hydrogens is 336 g/mol. The molecule has 27 heavy (non-hydrogen) atoms. The highest BCUT2D eigenvalue weighted by molar-refractivity contribution is 6.12. The van der Waals surface area contributed by atoms with Crippen molar-refractivity contribution in [1.29, 1.82) is 0 Å². The minimum absolute atomic E-state index is 0.117. The van der Waals surface area contributed by atoms with Crippen molar-refractivity contribution in [2.24, 2.45) is 0 Å². The zero-order valence-electron chi connectivity index (χ0n) is 14.7. The molecule has 1 N–H and O–H groups in total. The highest BCUT2D eigenvalue weighted by Crippen LogP contribution is 2.40. The van der Waals surface area contributed by atoms with Crippen LogP contribution in [0.3, 0.4) is 0 Å². The highest BCUT2D eigenvalue weighted by Gasteiger charge is 2.27. The molecule has 5 heteroatoms.